The minimum atomic E-state index is -0.116. The normalized spacial score (nSPS) is 10.0. The number of hydrogen-bond donors (Lipinski definition) is 2. The van der Waals surface area contributed by atoms with Crippen LogP contribution in [0.15, 0.2) is 48.5 Å². The molecule has 2 rings (SSSR count). The molecule has 4 nitrogen and oxygen atoms in total. The first kappa shape index (κ1) is 14.8. The van der Waals surface area contributed by atoms with Gasteiger partial charge in [-0.25, -0.2) is 0 Å². The Balaban J connectivity index is 1.86. The third kappa shape index (κ3) is 4.45. The lowest BCUT2D eigenvalue weighted by atomic mass is 10.1. The van der Waals surface area contributed by atoms with E-state index in [4.69, 9.17) is 0 Å². The Morgan fingerprint density at radius 2 is 1.48 bits per heavy atom. The molecule has 21 heavy (non-hydrogen) atoms. The van der Waals surface area contributed by atoms with Gasteiger partial charge in [0.2, 0.25) is 5.91 Å². The number of carbonyl (C=O) groups is 2. The molecule has 0 fully saturated rings. The van der Waals surface area contributed by atoms with Gasteiger partial charge in [0.15, 0.2) is 5.78 Å². The first-order chi connectivity index (χ1) is 10.0. The molecule has 0 unspecified atom stereocenters. The molecular weight excluding hydrogens is 264 g/mol. The number of benzene rings is 2. The van der Waals surface area contributed by atoms with Gasteiger partial charge in [0.25, 0.3) is 0 Å². The average molecular weight is 282 g/mol. The van der Waals surface area contributed by atoms with Crippen molar-refractivity contribution in [3.05, 3.63) is 59.7 Å². The van der Waals surface area contributed by atoms with Crippen LogP contribution in [-0.2, 0) is 4.79 Å². The Morgan fingerprint density at radius 1 is 0.905 bits per heavy atom. The van der Waals surface area contributed by atoms with Crippen molar-refractivity contribution < 1.29 is 9.59 Å². The van der Waals surface area contributed by atoms with Gasteiger partial charge in [0, 0.05) is 16.9 Å². The predicted molar refractivity (Wildman–Crippen MR) is 84.7 cm³/mol. The monoisotopic (exact) mass is 282 g/mol. The molecule has 4 heteroatoms. The minimum absolute atomic E-state index is 0.0265. The number of amides is 1. The van der Waals surface area contributed by atoms with Crippen LogP contribution in [0, 0.1) is 6.92 Å². The van der Waals surface area contributed by atoms with E-state index in [1.54, 1.807) is 24.3 Å². The first-order valence-corrected chi connectivity index (χ1v) is 6.76. The summed E-state index contributed by atoms with van der Waals surface area (Å²) in [5, 5.41) is 5.83. The molecule has 0 aliphatic rings. The topological polar surface area (TPSA) is 58.2 Å². The molecule has 0 atom stereocenters. The number of ketones is 1. The second-order valence-electron chi connectivity index (χ2n) is 4.90. The van der Waals surface area contributed by atoms with E-state index in [2.05, 4.69) is 10.6 Å². The van der Waals surface area contributed by atoms with E-state index in [1.165, 1.54) is 6.92 Å². The van der Waals surface area contributed by atoms with Crippen molar-refractivity contribution in [3.8, 4) is 0 Å². The number of rotatable bonds is 5. The molecule has 0 radical (unpaired) electrons. The van der Waals surface area contributed by atoms with E-state index >= 15 is 0 Å². The number of carbonyl (C=O) groups excluding carboxylic acids is 2. The summed E-state index contributed by atoms with van der Waals surface area (Å²) < 4.78 is 0. The zero-order valence-electron chi connectivity index (χ0n) is 12.1. The van der Waals surface area contributed by atoms with Gasteiger partial charge in [-0.2, -0.15) is 0 Å². The fourth-order valence-electron chi connectivity index (χ4n) is 1.85. The lowest BCUT2D eigenvalue weighted by molar-refractivity contribution is -0.114. The number of anilines is 2. The fourth-order valence-corrected chi connectivity index (χ4v) is 1.85. The molecule has 0 spiro atoms. The smallest absolute Gasteiger partial charge is 0.243 e. The third-order valence-electron chi connectivity index (χ3n) is 3.08. The molecule has 1 amide bonds. The standard InChI is InChI=1S/C17H18N2O2/c1-12-3-7-16(8-4-12)19-17(21)11-18-15-9-5-14(6-10-15)13(2)20/h3-10,18H,11H2,1-2H3,(H,19,21). The fraction of sp³-hybridized carbons (Fsp3) is 0.176. The van der Waals surface area contributed by atoms with Gasteiger partial charge < -0.3 is 10.6 Å². The Kier molecular flexibility index (Phi) is 4.72. The van der Waals surface area contributed by atoms with Crippen LogP contribution in [0.4, 0.5) is 11.4 Å². The maximum atomic E-state index is 11.8. The highest BCUT2D eigenvalue weighted by atomic mass is 16.2. The van der Waals surface area contributed by atoms with Crippen molar-refractivity contribution in [2.45, 2.75) is 13.8 Å². The largest absolute Gasteiger partial charge is 0.376 e. The highest BCUT2D eigenvalue weighted by Crippen LogP contribution is 2.11. The van der Waals surface area contributed by atoms with Crippen LogP contribution < -0.4 is 10.6 Å². The van der Waals surface area contributed by atoms with Crippen LogP contribution in [0.5, 0.6) is 0 Å². The average Bonchev–Trinajstić information content (AvgIpc) is 2.48. The van der Waals surface area contributed by atoms with Crippen molar-refractivity contribution in [1.29, 1.82) is 0 Å². The van der Waals surface area contributed by atoms with E-state index in [-0.39, 0.29) is 18.2 Å². The maximum Gasteiger partial charge on any atom is 0.243 e. The lowest BCUT2D eigenvalue weighted by Gasteiger charge is -2.08. The summed E-state index contributed by atoms with van der Waals surface area (Å²) >= 11 is 0. The van der Waals surface area contributed by atoms with Gasteiger partial charge in [-0.05, 0) is 50.2 Å². The summed E-state index contributed by atoms with van der Waals surface area (Å²) in [6.45, 7) is 3.70. The lowest BCUT2D eigenvalue weighted by Crippen LogP contribution is -2.21. The number of Topliss-reactive ketones (excluding diaryl/α,β-unsaturated/α-hetero) is 1. The van der Waals surface area contributed by atoms with Crippen molar-refractivity contribution in [3.63, 3.8) is 0 Å². The van der Waals surface area contributed by atoms with E-state index in [9.17, 15) is 9.59 Å². The van der Waals surface area contributed by atoms with E-state index in [0.717, 1.165) is 16.9 Å². The summed E-state index contributed by atoms with van der Waals surface area (Å²) in [5.74, 6) is -0.0897. The zero-order chi connectivity index (χ0) is 15.2. The predicted octanol–water partition coefficient (Wildman–Crippen LogP) is 3.25. The van der Waals surface area contributed by atoms with Crippen LogP contribution in [-0.4, -0.2) is 18.2 Å². The summed E-state index contributed by atoms with van der Waals surface area (Å²) in [6, 6.07) is 14.7. The van der Waals surface area contributed by atoms with Crippen LogP contribution >= 0.6 is 0 Å². The quantitative estimate of drug-likeness (QED) is 0.828. The van der Waals surface area contributed by atoms with Crippen molar-refractivity contribution in [2.24, 2.45) is 0 Å². The number of hydrogen-bond acceptors (Lipinski definition) is 3. The summed E-state index contributed by atoms with van der Waals surface area (Å²) in [4.78, 5) is 23.0. The van der Waals surface area contributed by atoms with Gasteiger partial charge >= 0.3 is 0 Å². The Bertz CT molecular complexity index is 631. The van der Waals surface area contributed by atoms with Gasteiger partial charge in [-0.3, -0.25) is 9.59 Å². The molecule has 2 N–H and O–H groups in total. The second-order valence-corrected chi connectivity index (χ2v) is 4.90. The Morgan fingerprint density at radius 3 is 2.05 bits per heavy atom. The van der Waals surface area contributed by atoms with Gasteiger partial charge in [-0.1, -0.05) is 17.7 Å². The van der Waals surface area contributed by atoms with Crippen LogP contribution in [0.1, 0.15) is 22.8 Å². The minimum Gasteiger partial charge on any atom is -0.376 e. The highest BCUT2D eigenvalue weighted by molar-refractivity contribution is 5.95. The molecule has 0 bridgehead atoms. The van der Waals surface area contributed by atoms with Crippen molar-refractivity contribution in [2.75, 3.05) is 17.2 Å². The second kappa shape index (κ2) is 6.70. The van der Waals surface area contributed by atoms with Crippen LogP contribution in [0.3, 0.4) is 0 Å². The molecule has 2 aromatic carbocycles. The molecule has 2 aromatic rings. The van der Waals surface area contributed by atoms with Crippen LogP contribution in [0.2, 0.25) is 0 Å². The molecular formula is C17H18N2O2. The van der Waals surface area contributed by atoms with Gasteiger partial charge in [-0.15, -0.1) is 0 Å². The SMILES string of the molecule is CC(=O)c1ccc(NCC(=O)Nc2ccc(C)cc2)cc1. The molecule has 0 aliphatic heterocycles. The summed E-state index contributed by atoms with van der Waals surface area (Å²) in [5.41, 5.74) is 3.39. The molecule has 0 aromatic heterocycles. The van der Waals surface area contributed by atoms with Crippen LogP contribution in [0.25, 0.3) is 0 Å². The molecule has 108 valence electrons. The summed E-state index contributed by atoms with van der Waals surface area (Å²) in [7, 11) is 0. The van der Waals surface area contributed by atoms with E-state index in [0.29, 0.717) is 5.56 Å². The van der Waals surface area contributed by atoms with Crippen molar-refractivity contribution >= 4 is 23.1 Å². The molecule has 0 saturated heterocycles. The van der Waals surface area contributed by atoms with E-state index < -0.39 is 0 Å². The number of aryl methyl sites for hydroxylation is 1. The maximum absolute atomic E-state index is 11.8. The zero-order valence-corrected chi connectivity index (χ0v) is 12.1. The summed E-state index contributed by atoms with van der Waals surface area (Å²) in [6.07, 6.45) is 0. The first-order valence-electron chi connectivity index (χ1n) is 6.76. The molecule has 0 saturated carbocycles. The Labute approximate surface area is 124 Å². The number of nitrogens with one attached hydrogen (secondary N) is 2. The van der Waals surface area contributed by atoms with Crippen molar-refractivity contribution in [1.82, 2.24) is 0 Å². The molecule has 0 heterocycles. The Hall–Kier alpha value is -2.62. The third-order valence-corrected chi connectivity index (χ3v) is 3.08. The molecule has 0 aliphatic carbocycles. The van der Waals surface area contributed by atoms with Gasteiger partial charge in [0.1, 0.15) is 0 Å². The van der Waals surface area contributed by atoms with Gasteiger partial charge in [0.05, 0.1) is 6.54 Å². The van der Waals surface area contributed by atoms with E-state index in [1.807, 2.05) is 31.2 Å². The highest BCUT2D eigenvalue weighted by Gasteiger charge is 2.03.